The number of hydrogen-bond acceptors (Lipinski definition) is 8. The fraction of sp³-hybridized carbons (Fsp3) is 0.433. The number of pyridine rings is 1. The third-order valence-electron chi connectivity index (χ3n) is 8.56. The number of para-hydroxylation sites is 1. The highest BCUT2D eigenvalue weighted by Gasteiger charge is 2.42. The number of benzene rings is 1. The molecule has 0 unspecified atom stereocenters. The molecule has 4 aromatic rings. The molecule has 1 N–H and O–H groups in total. The van der Waals surface area contributed by atoms with Crippen LogP contribution in [0.2, 0.25) is 5.02 Å². The smallest absolute Gasteiger partial charge is 0.346 e. The van der Waals surface area contributed by atoms with Crippen LogP contribution < -0.4 is 9.47 Å². The maximum absolute atomic E-state index is 11.6. The SMILES string of the molecule is C[C@@H](c1nc2sc(C(=O)O)cc2n1C[C@@H]1CCO1)N1CCC(c2cccc3c2O[C@](C)(c2ccc(Cl)cn2)O3)CC1. The topological polar surface area (TPSA) is 98.9 Å². The molecule has 3 aliphatic heterocycles. The monoisotopic (exact) mass is 594 g/mol. The van der Waals surface area contributed by atoms with E-state index in [9.17, 15) is 9.90 Å². The second-order valence-corrected chi connectivity index (χ2v) is 12.6. The number of carbonyl (C=O) groups is 1. The number of carboxylic acids is 1. The lowest BCUT2D eigenvalue weighted by molar-refractivity contribution is -0.0722. The van der Waals surface area contributed by atoms with E-state index in [0.717, 1.165) is 72.2 Å². The molecule has 9 nitrogen and oxygen atoms in total. The van der Waals surface area contributed by atoms with Gasteiger partial charge in [0.15, 0.2) is 11.5 Å². The van der Waals surface area contributed by atoms with Gasteiger partial charge >= 0.3 is 5.97 Å². The van der Waals surface area contributed by atoms with Crippen LogP contribution in [0.5, 0.6) is 11.5 Å². The molecule has 0 aliphatic carbocycles. The number of nitrogens with zero attached hydrogens (tertiary/aromatic N) is 4. The van der Waals surface area contributed by atoms with E-state index in [0.29, 0.717) is 28.1 Å². The number of aromatic nitrogens is 3. The molecule has 2 saturated heterocycles. The van der Waals surface area contributed by atoms with E-state index in [4.69, 9.17) is 30.8 Å². The number of thiophene rings is 1. The summed E-state index contributed by atoms with van der Waals surface area (Å²) in [5.41, 5.74) is 2.72. The number of piperidine rings is 1. The fourth-order valence-corrected chi connectivity index (χ4v) is 7.15. The summed E-state index contributed by atoms with van der Waals surface area (Å²) >= 11 is 7.28. The Morgan fingerprint density at radius 3 is 2.71 bits per heavy atom. The van der Waals surface area contributed by atoms with Crippen LogP contribution in [0.3, 0.4) is 0 Å². The molecule has 2 fully saturated rings. The van der Waals surface area contributed by atoms with Gasteiger partial charge in [-0.3, -0.25) is 9.88 Å². The van der Waals surface area contributed by atoms with Crippen molar-refractivity contribution in [1.29, 1.82) is 0 Å². The van der Waals surface area contributed by atoms with Crippen LogP contribution >= 0.6 is 22.9 Å². The number of rotatable bonds is 7. The summed E-state index contributed by atoms with van der Waals surface area (Å²) in [6, 6.07) is 11.6. The van der Waals surface area contributed by atoms with Gasteiger partial charge in [0.25, 0.3) is 5.79 Å². The standard InChI is InChI=1S/C30H31ClN4O5S/c1-17(27-33-28-22(14-24(41-28)29(36)37)35(27)16-20-10-13-38-20)34-11-8-18(9-12-34)21-4-3-5-23-26(21)40-30(2,39-23)25-7-6-19(31)15-32-25/h3-7,14-15,17-18,20H,8-13,16H2,1-2H3,(H,36,37)/t17-,20-,30+/m0/s1. The molecule has 0 saturated carbocycles. The van der Waals surface area contributed by atoms with E-state index in [1.54, 1.807) is 18.3 Å². The summed E-state index contributed by atoms with van der Waals surface area (Å²) in [5, 5.41) is 10.1. The lowest BCUT2D eigenvalue weighted by Crippen LogP contribution is -2.37. The first-order valence-corrected chi connectivity index (χ1v) is 15.2. The average molecular weight is 595 g/mol. The van der Waals surface area contributed by atoms with Gasteiger partial charge in [0.1, 0.15) is 21.2 Å². The Hall–Kier alpha value is -3.18. The number of hydrogen-bond donors (Lipinski definition) is 1. The first-order valence-electron chi connectivity index (χ1n) is 14.0. The minimum Gasteiger partial charge on any atom is -0.477 e. The molecule has 0 radical (unpaired) electrons. The predicted octanol–water partition coefficient (Wildman–Crippen LogP) is 6.22. The average Bonchev–Trinajstić information content (AvgIpc) is 3.62. The summed E-state index contributed by atoms with van der Waals surface area (Å²) in [5.74, 6) is 0.917. The van der Waals surface area contributed by atoms with Gasteiger partial charge in [-0.15, -0.1) is 11.3 Å². The highest BCUT2D eigenvalue weighted by Crippen LogP contribution is 2.49. The van der Waals surface area contributed by atoms with Crippen LogP contribution in [0.15, 0.2) is 42.6 Å². The molecular weight excluding hydrogens is 564 g/mol. The van der Waals surface area contributed by atoms with E-state index >= 15 is 0 Å². The zero-order chi connectivity index (χ0) is 28.3. The zero-order valence-electron chi connectivity index (χ0n) is 22.9. The molecule has 41 heavy (non-hydrogen) atoms. The molecule has 6 heterocycles. The van der Waals surface area contributed by atoms with Gasteiger partial charge in [-0.1, -0.05) is 23.7 Å². The number of carboxylic acid groups (broad SMARTS) is 1. The normalized spacial score (nSPS) is 23.5. The molecular formula is C30H31ClN4O5S. The van der Waals surface area contributed by atoms with Gasteiger partial charge in [0.2, 0.25) is 0 Å². The minimum absolute atomic E-state index is 0.0873. The quantitative estimate of drug-likeness (QED) is 0.269. The van der Waals surface area contributed by atoms with Crippen molar-refractivity contribution in [3.05, 3.63) is 69.6 Å². The largest absolute Gasteiger partial charge is 0.477 e. The zero-order valence-corrected chi connectivity index (χ0v) is 24.5. The Morgan fingerprint density at radius 1 is 1.22 bits per heavy atom. The summed E-state index contributed by atoms with van der Waals surface area (Å²) in [6.45, 7) is 7.37. The van der Waals surface area contributed by atoms with Gasteiger partial charge in [-0.25, -0.2) is 9.78 Å². The van der Waals surface area contributed by atoms with Crippen molar-refractivity contribution in [1.82, 2.24) is 19.4 Å². The number of aromatic carboxylic acids is 1. The highest BCUT2D eigenvalue weighted by atomic mass is 35.5. The number of fused-ring (bicyclic) bond motifs is 2. The van der Waals surface area contributed by atoms with E-state index in [1.165, 1.54) is 11.3 Å². The molecule has 0 spiro atoms. The number of imidazole rings is 1. The Morgan fingerprint density at radius 2 is 2.02 bits per heavy atom. The van der Waals surface area contributed by atoms with Crippen LogP contribution in [0.1, 0.15) is 71.8 Å². The van der Waals surface area contributed by atoms with Crippen LogP contribution in [0, 0.1) is 0 Å². The molecule has 214 valence electrons. The predicted molar refractivity (Wildman–Crippen MR) is 155 cm³/mol. The van der Waals surface area contributed by atoms with Crippen LogP contribution in [0.4, 0.5) is 0 Å². The minimum atomic E-state index is -1.01. The molecule has 3 atom stereocenters. The fourth-order valence-electron chi connectivity index (χ4n) is 6.16. The molecule has 3 aromatic heterocycles. The number of ether oxygens (including phenoxy) is 3. The van der Waals surface area contributed by atoms with Crippen molar-refractivity contribution in [3.63, 3.8) is 0 Å². The third kappa shape index (κ3) is 4.76. The van der Waals surface area contributed by atoms with Crippen LogP contribution in [-0.2, 0) is 17.1 Å². The Bertz CT molecular complexity index is 1610. The van der Waals surface area contributed by atoms with Crippen LogP contribution in [0.25, 0.3) is 10.3 Å². The van der Waals surface area contributed by atoms with Gasteiger partial charge < -0.3 is 23.9 Å². The summed E-state index contributed by atoms with van der Waals surface area (Å²) in [7, 11) is 0. The van der Waals surface area contributed by atoms with Gasteiger partial charge in [-0.05, 0) is 69.5 Å². The van der Waals surface area contributed by atoms with E-state index in [1.807, 2.05) is 25.1 Å². The van der Waals surface area contributed by atoms with E-state index in [-0.39, 0.29) is 12.1 Å². The molecule has 11 heteroatoms. The number of likely N-dealkylation sites (tertiary alicyclic amines) is 1. The van der Waals surface area contributed by atoms with Crippen molar-refractivity contribution >= 4 is 39.3 Å². The lowest BCUT2D eigenvalue weighted by atomic mass is 9.88. The van der Waals surface area contributed by atoms with Crippen LogP contribution in [-0.4, -0.2) is 56.3 Å². The second kappa shape index (κ2) is 10.3. The molecule has 3 aliphatic rings. The summed E-state index contributed by atoms with van der Waals surface area (Å²) < 4.78 is 20.6. The maximum Gasteiger partial charge on any atom is 0.346 e. The molecule has 0 amide bonds. The molecule has 1 aromatic carbocycles. The Balaban J connectivity index is 1.09. The highest BCUT2D eigenvalue weighted by molar-refractivity contribution is 7.20. The maximum atomic E-state index is 11.6. The molecule has 7 rings (SSSR count). The third-order valence-corrected chi connectivity index (χ3v) is 9.79. The Labute approximate surface area is 246 Å². The van der Waals surface area contributed by atoms with Crippen molar-refractivity contribution in [2.75, 3.05) is 19.7 Å². The first kappa shape index (κ1) is 26.7. The summed E-state index contributed by atoms with van der Waals surface area (Å²) in [6.07, 6.45) is 4.71. The van der Waals surface area contributed by atoms with Crippen molar-refractivity contribution in [3.8, 4) is 11.5 Å². The van der Waals surface area contributed by atoms with Gasteiger partial charge in [0, 0.05) is 25.3 Å². The summed E-state index contributed by atoms with van der Waals surface area (Å²) in [4.78, 5) is 24.5. The first-order chi connectivity index (χ1) is 19.8. The number of halogens is 1. The van der Waals surface area contributed by atoms with Crippen molar-refractivity contribution in [2.45, 2.75) is 63.5 Å². The molecule has 0 bridgehead atoms. The van der Waals surface area contributed by atoms with E-state index < -0.39 is 11.8 Å². The van der Waals surface area contributed by atoms with E-state index in [2.05, 4.69) is 27.4 Å². The second-order valence-electron chi connectivity index (χ2n) is 11.1. The Kier molecular flexibility index (Phi) is 6.69. The van der Waals surface area contributed by atoms with Gasteiger partial charge in [-0.2, -0.15) is 0 Å². The van der Waals surface area contributed by atoms with Crippen molar-refractivity contribution < 1.29 is 24.1 Å². The van der Waals surface area contributed by atoms with Crippen molar-refractivity contribution in [2.24, 2.45) is 0 Å². The lowest BCUT2D eigenvalue weighted by Gasteiger charge is -2.37. The van der Waals surface area contributed by atoms with Gasteiger partial charge in [0.05, 0.1) is 29.2 Å².